The quantitative estimate of drug-likeness (QED) is 0.798. The second-order valence-electron chi connectivity index (χ2n) is 5.71. The topological polar surface area (TPSA) is 12.0 Å². The molecule has 0 aliphatic heterocycles. The van der Waals surface area contributed by atoms with Gasteiger partial charge in [-0.05, 0) is 37.3 Å². The van der Waals surface area contributed by atoms with Crippen LogP contribution >= 0.6 is 0 Å². The minimum absolute atomic E-state index is 0.490. The molecule has 0 heterocycles. The number of hydrogen-bond acceptors (Lipinski definition) is 1. The second-order valence-corrected chi connectivity index (χ2v) is 5.71. The molecule has 1 atom stereocenters. The third-order valence-corrected chi connectivity index (χ3v) is 4.11. The van der Waals surface area contributed by atoms with Crippen LogP contribution in [0.2, 0.25) is 0 Å². The van der Waals surface area contributed by atoms with E-state index in [0.717, 1.165) is 6.04 Å². The minimum Gasteiger partial charge on any atom is -0.307 e. The molecule has 2 rings (SSSR count). The Morgan fingerprint density at radius 3 is 2.39 bits per heavy atom. The van der Waals surface area contributed by atoms with Crippen LogP contribution in [0.15, 0.2) is 24.3 Å². The molecule has 100 valence electrons. The maximum atomic E-state index is 3.79. The van der Waals surface area contributed by atoms with Crippen molar-refractivity contribution in [1.82, 2.24) is 5.32 Å². The lowest BCUT2D eigenvalue weighted by molar-refractivity contribution is 0.347. The van der Waals surface area contributed by atoms with E-state index in [1.165, 1.54) is 56.1 Å². The molecular weight excluding hydrogens is 218 g/mol. The normalized spacial score (nSPS) is 18.8. The van der Waals surface area contributed by atoms with E-state index in [1.54, 1.807) is 0 Å². The van der Waals surface area contributed by atoms with Crippen molar-refractivity contribution < 1.29 is 0 Å². The molecular formula is C17H27N. The van der Waals surface area contributed by atoms with Crippen LogP contribution in [0, 0.1) is 0 Å². The van der Waals surface area contributed by atoms with E-state index < -0.39 is 0 Å². The van der Waals surface area contributed by atoms with Crippen LogP contribution in [0.4, 0.5) is 0 Å². The summed E-state index contributed by atoms with van der Waals surface area (Å²) < 4.78 is 0. The molecule has 1 fully saturated rings. The fourth-order valence-corrected chi connectivity index (χ4v) is 2.98. The van der Waals surface area contributed by atoms with Crippen LogP contribution in [-0.2, 0) is 6.42 Å². The first-order valence-electron chi connectivity index (χ1n) is 7.64. The van der Waals surface area contributed by atoms with E-state index in [1.807, 2.05) is 0 Å². The highest BCUT2D eigenvalue weighted by atomic mass is 14.9. The molecule has 1 saturated carbocycles. The molecule has 1 aromatic rings. The molecule has 0 radical (unpaired) electrons. The van der Waals surface area contributed by atoms with Crippen molar-refractivity contribution >= 4 is 0 Å². The summed E-state index contributed by atoms with van der Waals surface area (Å²) in [5.74, 6) is 0. The lowest BCUT2D eigenvalue weighted by Gasteiger charge is -2.27. The largest absolute Gasteiger partial charge is 0.307 e. The van der Waals surface area contributed by atoms with Crippen molar-refractivity contribution in [2.24, 2.45) is 0 Å². The molecule has 18 heavy (non-hydrogen) atoms. The van der Waals surface area contributed by atoms with Gasteiger partial charge in [-0.15, -0.1) is 0 Å². The first-order chi connectivity index (χ1) is 8.79. The van der Waals surface area contributed by atoms with Crippen LogP contribution < -0.4 is 5.32 Å². The third kappa shape index (κ3) is 3.84. The van der Waals surface area contributed by atoms with Gasteiger partial charge in [0, 0.05) is 12.1 Å². The molecule has 0 saturated heterocycles. The fourth-order valence-electron chi connectivity index (χ4n) is 2.98. The molecule has 1 heteroatoms. The zero-order valence-corrected chi connectivity index (χ0v) is 11.9. The first kappa shape index (κ1) is 13.6. The van der Waals surface area contributed by atoms with Crippen LogP contribution in [0.5, 0.6) is 0 Å². The Morgan fingerprint density at radius 2 is 1.78 bits per heavy atom. The number of benzene rings is 1. The smallest absolute Gasteiger partial charge is 0.0294 e. The maximum absolute atomic E-state index is 3.79. The van der Waals surface area contributed by atoms with Gasteiger partial charge in [-0.2, -0.15) is 0 Å². The lowest BCUT2D eigenvalue weighted by atomic mass is 9.94. The van der Waals surface area contributed by atoms with Crippen molar-refractivity contribution in [2.45, 2.75) is 70.9 Å². The zero-order chi connectivity index (χ0) is 12.8. The molecule has 0 bridgehead atoms. The van der Waals surface area contributed by atoms with Gasteiger partial charge in [0.05, 0.1) is 0 Å². The molecule has 1 nitrogen and oxygen atoms in total. The van der Waals surface area contributed by atoms with Crippen LogP contribution in [0.25, 0.3) is 0 Å². The van der Waals surface area contributed by atoms with Crippen LogP contribution in [-0.4, -0.2) is 6.04 Å². The SMILES string of the molecule is CCCc1ccc(C(C)NC2CCCCC2)cc1. The number of hydrogen-bond donors (Lipinski definition) is 1. The highest BCUT2D eigenvalue weighted by molar-refractivity contribution is 5.24. The summed E-state index contributed by atoms with van der Waals surface area (Å²) in [6, 6.07) is 10.4. The van der Waals surface area contributed by atoms with E-state index in [0.29, 0.717) is 6.04 Å². The number of aryl methyl sites for hydroxylation is 1. The van der Waals surface area contributed by atoms with Crippen molar-refractivity contribution in [3.8, 4) is 0 Å². The predicted molar refractivity (Wildman–Crippen MR) is 78.9 cm³/mol. The van der Waals surface area contributed by atoms with Gasteiger partial charge < -0.3 is 5.32 Å². The van der Waals surface area contributed by atoms with Gasteiger partial charge >= 0.3 is 0 Å². The molecule has 1 N–H and O–H groups in total. The highest BCUT2D eigenvalue weighted by Crippen LogP contribution is 2.21. The van der Waals surface area contributed by atoms with Crippen LogP contribution in [0.3, 0.4) is 0 Å². The average molecular weight is 245 g/mol. The van der Waals surface area contributed by atoms with Gasteiger partial charge in [-0.3, -0.25) is 0 Å². The van der Waals surface area contributed by atoms with Crippen molar-refractivity contribution in [3.05, 3.63) is 35.4 Å². The summed E-state index contributed by atoms with van der Waals surface area (Å²) in [5.41, 5.74) is 2.89. The molecule has 0 amide bonds. The lowest BCUT2D eigenvalue weighted by Crippen LogP contribution is -2.33. The van der Waals surface area contributed by atoms with E-state index in [2.05, 4.69) is 43.4 Å². The Balaban J connectivity index is 1.89. The van der Waals surface area contributed by atoms with Gasteiger partial charge in [0.15, 0.2) is 0 Å². The summed E-state index contributed by atoms with van der Waals surface area (Å²) >= 11 is 0. The van der Waals surface area contributed by atoms with E-state index in [4.69, 9.17) is 0 Å². The molecule has 0 spiro atoms. The number of nitrogens with one attached hydrogen (secondary N) is 1. The summed E-state index contributed by atoms with van der Waals surface area (Å²) in [7, 11) is 0. The summed E-state index contributed by atoms with van der Waals surface area (Å²) in [6.07, 6.45) is 9.38. The molecule has 1 aliphatic carbocycles. The van der Waals surface area contributed by atoms with E-state index in [-0.39, 0.29) is 0 Å². The highest BCUT2D eigenvalue weighted by Gasteiger charge is 2.16. The van der Waals surface area contributed by atoms with Gasteiger partial charge in [-0.1, -0.05) is 56.9 Å². The number of rotatable bonds is 5. The monoisotopic (exact) mass is 245 g/mol. The predicted octanol–water partition coefficient (Wildman–Crippen LogP) is 4.62. The van der Waals surface area contributed by atoms with Crippen molar-refractivity contribution in [2.75, 3.05) is 0 Å². The van der Waals surface area contributed by atoms with Gasteiger partial charge in [0.2, 0.25) is 0 Å². The molecule has 1 unspecified atom stereocenters. The fraction of sp³-hybridized carbons (Fsp3) is 0.647. The first-order valence-corrected chi connectivity index (χ1v) is 7.64. The van der Waals surface area contributed by atoms with Gasteiger partial charge in [0.25, 0.3) is 0 Å². The standard InChI is InChI=1S/C17H27N/c1-3-7-15-10-12-16(13-11-15)14(2)18-17-8-5-4-6-9-17/h10-14,17-18H,3-9H2,1-2H3. The van der Waals surface area contributed by atoms with Crippen molar-refractivity contribution in [3.63, 3.8) is 0 Å². The maximum Gasteiger partial charge on any atom is 0.0294 e. The Morgan fingerprint density at radius 1 is 1.11 bits per heavy atom. The minimum atomic E-state index is 0.490. The van der Waals surface area contributed by atoms with Crippen LogP contribution in [0.1, 0.15) is 69.5 Å². The van der Waals surface area contributed by atoms with Gasteiger partial charge in [0.1, 0.15) is 0 Å². The second kappa shape index (κ2) is 6.94. The summed E-state index contributed by atoms with van der Waals surface area (Å²) in [4.78, 5) is 0. The molecule has 1 aliphatic rings. The van der Waals surface area contributed by atoms with E-state index in [9.17, 15) is 0 Å². The zero-order valence-electron chi connectivity index (χ0n) is 11.9. The summed E-state index contributed by atoms with van der Waals surface area (Å²) in [5, 5.41) is 3.79. The Labute approximate surface area is 112 Å². The summed E-state index contributed by atoms with van der Waals surface area (Å²) in [6.45, 7) is 4.53. The Hall–Kier alpha value is -0.820. The Kier molecular flexibility index (Phi) is 5.25. The van der Waals surface area contributed by atoms with E-state index >= 15 is 0 Å². The van der Waals surface area contributed by atoms with Crippen molar-refractivity contribution in [1.29, 1.82) is 0 Å². The molecule has 1 aromatic carbocycles. The Bertz CT molecular complexity index is 335. The average Bonchev–Trinajstić information content (AvgIpc) is 2.41. The molecule has 0 aromatic heterocycles. The van der Waals surface area contributed by atoms with Gasteiger partial charge in [-0.25, -0.2) is 0 Å². The third-order valence-electron chi connectivity index (χ3n) is 4.11.